The third-order valence-corrected chi connectivity index (χ3v) is 3.77. The second-order valence-electron chi connectivity index (χ2n) is 4.78. The van der Waals surface area contributed by atoms with Crippen LogP contribution in [0.2, 0.25) is 0 Å². The van der Waals surface area contributed by atoms with Crippen molar-refractivity contribution in [3.05, 3.63) is 11.7 Å². The minimum absolute atomic E-state index is 0.591. The summed E-state index contributed by atoms with van der Waals surface area (Å²) < 4.78 is 5.27. The molecule has 0 aromatic carbocycles. The van der Waals surface area contributed by atoms with Crippen LogP contribution in [-0.4, -0.2) is 23.2 Å². The van der Waals surface area contributed by atoms with Gasteiger partial charge in [-0.15, -0.1) is 0 Å². The molecule has 1 N–H and O–H groups in total. The van der Waals surface area contributed by atoms with E-state index in [0.29, 0.717) is 11.8 Å². The molecule has 0 radical (unpaired) electrons. The number of fused-ring (bicyclic) bond motifs is 1. The molecule has 74 valence electrons. The van der Waals surface area contributed by atoms with Crippen LogP contribution in [-0.2, 0) is 0 Å². The van der Waals surface area contributed by atoms with Gasteiger partial charge in [0.25, 0.3) is 0 Å². The molecule has 0 bridgehead atoms. The van der Waals surface area contributed by atoms with Gasteiger partial charge in [0.15, 0.2) is 5.82 Å². The molecule has 2 heterocycles. The fraction of sp³-hybridized carbons (Fsp3) is 0.800. The number of hydrogen-bond acceptors (Lipinski definition) is 4. The molecule has 4 rings (SSSR count). The molecule has 1 aromatic rings. The van der Waals surface area contributed by atoms with Gasteiger partial charge in [0, 0.05) is 11.8 Å². The van der Waals surface area contributed by atoms with E-state index in [0.717, 1.165) is 36.6 Å². The SMILES string of the molecule is C1CC1c1nc(C2[C@H]3CNC[C@@H]23)no1. The second kappa shape index (κ2) is 2.37. The Hall–Kier alpha value is -0.900. The molecule has 1 aromatic heterocycles. The fourth-order valence-electron chi connectivity index (χ4n) is 2.68. The van der Waals surface area contributed by atoms with Crippen molar-refractivity contribution >= 4 is 0 Å². The highest BCUT2D eigenvalue weighted by atomic mass is 16.5. The molecule has 2 aliphatic carbocycles. The number of nitrogens with one attached hydrogen (secondary N) is 1. The average Bonchev–Trinajstić information content (AvgIpc) is 3.07. The first-order valence-corrected chi connectivity index (χ1v) is 5.47. The zero-order chi connectivity index (χ0) is 9.12. The van der Waals surface area contributed by atoms with Crippen LogP contribution >= 0.6 is 0 Å². The molecule has 14 heavy (non-hydrogen) atoms. The summed E-state index contributed by atoms with van der Waals surface area (Å²) in [4.78, 5) is 4.51. The Morgan fingerprint density at radius 3 is 2.71 bits per heavy atom. The summed E-state index contributed by atoms with van der Waals surface area (Å²) in [5.41, 5.74) is 0. The highest BCUT2D eigenvalue weighted by Gasteiger charge is 2.56. The smallest absolute Gasteiger partial charge is 0.229 e. The van der Waals surface area contributed by atoms with Crippen molar-refractivity contribution in [3.8, 4) is 0 Å². The monoisotopic (exact) mass is 191 g/mol. The fourth-order valence-corrected chi connectivity index (χ4v) is 2.68. The highest BCUT2D eigenvalue weighted by molar-refractivity contribution is 5.19. The Labute approximate surface area is 82.1 Å². The third kappa shape index (κ3) is 0.919. The quantitative estimate of drug-likeness (QED) is 0.754. The van der Waals surface area contributed by atoms with Gasteiger partial charge in [-0.1, -0.05) is 5.16 Å². The van der Waals surface area contributed by atoms with Gasteiger partial charge in [-0.25, -0.2) is 0 Å². The Kier molecular flexibility index (Phi) is 1.25. The van der Waals surface area contributed by atoms with Gasteiger partial charge < -0.3 is 9.84 Å². The van der Waals surface area contributed by atoms with E-state index in [1.165, 1.54) is 12.8 Å². The number of piperidine rings is 1. The van der Waals surface area contributed by atoms with Crippen LogP contribution in [0.15, 0.2) is 4.52 Å². The lowest BCUT2D eigenvalue weighted by Crippen LogP contribution is -2.14. The summed E-state index contributed by atoms with van der Waals surface area (Å²) in [6, 6.07) is 0. The summed E-state index contributed by atoms with van der Waals surface area (Å²) in [5, 5.41) is 7.49. The number of aromatic nitrogens is 2. The van der Waals surface area contributed by atoms with Gasteiger partial charge in [0.05, 0.1) is 0 Å². The first-order valence-electron chi connectivity index (χ1n) is 5.47. The molecule has 4 heteroatoms. The topological polar surface area (TPSA) is 51.0 Å². The summed E-state index contributed by atoms with van der Waals surface area (Å²) in [6.45, 7) is 2.28. The molecular formula is C10H13N3O. The van der Waals surface area contributed by atoms with Crippen molar-refractivity contribution in [1.29, 1.82) is 0 Å². The maximum absolute atomic E-state index is 5.27. The predicted molar refractivity (Wildman–Crippen MR) is 48.9 cm³/mol. The lowest BCUT2D eigenvalue weighted by molar-refractivity contribution is 0.372. The standard InChI is InChI=1S/C10H13N3O/c1-2-5(1)10-12-9(13-14-10)8-6-3-11-4-7(6)8/h5-8,11H,1-4H2/t6-,7+,8?. The molecule has 1 unspecified atom stereocenters. The van der Waals surface area contributed by atoms with E-state index in [9.17, 15) is 0 Å². The summed E-state index contributed by atoms with van der Waals surface area (Å²) in [5.74, 6) is 4.64. The van der Waals surface area contributed by atoms with E-state index in [2.05, 4.69) is 15.5 Å². The number of hydrogen-bond donors (Lipinski definition) is 1. The Morgan fingerprint density at radius 2 is 2.00 bits per heavy atom. The Balaban J connectivity index is 1.58. The van der Waals surface area contributed by atoms with Gasteiger partial charge in [-0.3, -0.25) is 0 Å². The summed E-state index contributed by atoms with van der Waals surface area (Å²) in [7, 11) is 0. The predicted octanol–water partition coefficient (Wildman–Crippen LogP) is 0.880. The largest absolute Gasteiger partial charge is 0.339 e. The molecule has 0 spiro atoms. The Morgan fingerprint density at radius 1 is 1.21 bits per heavy atom. The maximum atomic E-state index is 5.27. The zero-order valence-electron chi connectivity index (χ0n) is 7.94. The van der Waals surface area contributed by atoms with E-state index >= 15 is 0 Å². The molecule has 1 saturated heterocycles. The molecule has 3 fully saturated rings. The molecule has 3 aliphatic rings. The average molecular weight is 191 g/mol. The molecule has 2 saturated carbocycles. The van der Waals surface area contributed by atoms with Crippen LogP contribution in [0, 0.1) is 11.8 Å². The molecule has 0 amide bonds. The molecule has 1 aliphatic heterocycles. The maximum Gasteiger partial charge on any atom is 0.229 e. The van der Waals surface area contributed by atoms with Crippen LogP contribution in [0.1, 0.15) is 36.4 Å². The van der Waals surface area contributed by atoms with Crippen LogP contribution in [0.25, 0.3) is 0 Å². The van der Waals surface area contributed by atoms with E-state index in [-0.39, 0.29) is 0 Å². The van der Waals surface area contributed by atoms with Crippen molar-refractivity contribution < 1.29 is 4.52 Å². The highest BCUT2D eigenvalue weighted by Crippen LogP contribution is 2.55. The van der Waals surface area contributed by atoms with E-state index in [1.807, 2.05) is 0 Å². The van der Waals surface area contributed by atoms with Gasteiger partial charge in [-0.2, -0.15) is 4.98 Å². The molecular weight excluding hydrogens is 178 g/mol. The summed E-state index contributed by atoms with van der Waals surface area (Å²) in [6.07, 6.45) is 2.47. The normalized spacial score (nSPS) is 39.9. The zero-order valence-corrected chi connectivity index (χ0v) is 7.94. The summed E-state index contributed by atoms with van der Waals surface area (Å²) >= 11 is 0. The van der Waals surface area contributed by atoms with Gasteiger partial charge >= 0.3 is 0 Å². The molecule has 4 nitrogen and oxygen atoms in total. The second-order valence-corrected chi connectivity index (χ2v) is 4.78. The minimum atomic E-state index is 0.591. The van der Waals surface area contributed by atoms with Gasteiger partial charge in [-0.05, 0) is 37.8 Å². The lowest BCUT2D eigenvalue weighted by Gasteiger charge is -1.97. The van der Waals surface area contributed by atoms with Crippen molar-refractivity contribution in [1.82, 2.24) is 15.5 Å². The lowest BCUT2D eigenvalue weighted by atomic mass is 10.2. The van der Waals surface area contributed by atoms with Crippen LogP contribution in [0.3, 0.4) is 0 Å². The van der Waals surface area contributed by atoms with Crippen LogP contribution in [0.5, 0.6) is 0 Å². The van der Waals surface area contributed by atoms with E-state index in [1.54, 1.807) is 0 Å². The molecule has 3 atom stereocenters. The van der Waals surface area contributed by atoms with Gasteiger partial charge in [0.1, 0.15) is 0 Å². The number of nitrogens with zero attached hydrogens (tertiary/aromatic N) is 2. The van der Waals surface area contributed by atoms with Crippen molar-refractivity contribution in [2.45, 2.75) is 24.7 Å². The van der Waals surface area contributed by atoms with Gasteiger partial charge in [0.2, 0.25) is 5.89 Å². The van der Waals surface area contributed by atoms with E-state index < -0.39 is 0 Å². The van der Waals surface area contributed by atoms with E-state index in [4.69, 9.17) is 4.52 Å². The van der Waals surface area contributed by atoms with Crippen molar-refractivity contribution in [2.75, 3.05) is 13.1 Å². The minimum Gasteiger partial charge on any atom is -0.339 e. The first kappa shape index (κ1) is 7.40. The van der Waals surface area contributed by atoms with Crippen molar-refractivity contribution in [2.24, 2.45) is 11.8 Å². The van der Waals surface area contributed by atoms with Crippen LogP contribution < -0.4 is 5.32 Å². The Bertz CT molecular complexity index is 361. The number of rotatable bonds is 2. The first-order chi connectivity index (χ1) is 6.93. The third-order valence-electron chi connectivity index (χ3n) is 3.77. The van der Waals surface area contributed by atoms with Crippen molar-refractivity contribution in [3.63, 3.8) is 0 Å². The van der Waals surface area contributed by atoms with Crippen LogP contribution in [0.4, 0.5) is 0 Å².